The van der Waals surface area contributed by atoms with Crippen LogP contribution in [0.2, 0.25) is 0 Å². The molecule has 0 fully saturated rings. The van der Waals surface area contributed by atoms with Crippen molar-refractivity contribution in [2.75, 3.05) is 12.3 Å². The Morgan fingerprint density at radius 2 is 1.48 bits per heavy atom. The molecule has 2 rings (SSSR count). The summed E-state index contributed by atoms with van der Waals surface area (Å²) < 4.78 is 23.4. The first-order chi connectivity index (χ1) is 12.6. The van der Waals surface area contributed by atoms with Gasteiger partial charge in [-0.05, 0) is 64.7 Å². The summed E-state index contributed by atoms with van der Waals surface area (Å²) in [5.74, 6) is -0.139. The van der Waals surface area contributed by atoms with Crippen molar-refractivity contribution in [3.8, 4) is 0 Å². The number of rotatable bonds is 9. The van der Waals surface area contributed by atoms with E-state index in [0.29, 0.717) is 24.1 Å². The van der Waals surface area contributed by atoms with Crippen molar-refractivity contribution >= 4 is 21.7 Å². The second-order valence-electron chi connectivity index (χ2n) is 8.18. The summed E-state index contributed by atoms with van der Waals surface area (Å²) in [5.41, 5.74) is 2.10. The van der Waals surface area contributed by atoms with Crippen LogP contribution < -0.4 is 0 Å². The second-order valence-corrected chi connectivity index (χ2v) is 11.0. The molecule has 6 heteroatoms. The molecule has 1 aliphatic heterocycles. The number of benzene rings is 1. The maximum Gasteiger partial charge on any atom is 0.261 e. The molecule has 0 atom stereocenters. The summed E-state index contributed by atoms with van der Waals surface area (Å²) in [6, 6.07) is 5.54. The molecule has 27 heavy (non-hydrogen) atoms. The van der Waals surface area contributed by atoms with E-state index in [1.807, 2.05) is 12.1 Å². The fraction of sp³-hybridized carbons (Fsp3) is 0.619. The molecule has 0 N–H and O–H groups in total. The van der Waals surface area contributed by atoms with E-state index < -0.39 is 14.6 Å². The van der Waals surface area contributed by atoms with Crippen molar-refractivity contribution in [2.45, 2.75) is 71.0 Å². The van der Waals surface area contributed by atoms with Crippen LogP contribution in [0.1, 0.15) is 86.1 Å². The zero-order valence-electron chi connectivity index (χ0n) is 16.9. The number of nitrogens with zero attached hydrogens (tertiary/aromatic N) is 1. The Morgan fingerprint density at radius 3 is 2.11 bits per heavy atom. The smallest absolute Gasteiger partial charge is 0.261 e. The Kier molecular flexibility index (Phi) is 6.84. The van der Waals surface area contributed by atoms with Crippen LogP contribution in [0.5, 0.6) is 0 Å². The van der Waals surface area contributed by atoms with Crippen molar-refractivity contribution in [3.05, 3.63) is 34.9 Å². The molecule has 1 aromatic carbocycles. The highest BCUT2D eigenvalue weighted by Gasteiger charge is 2.34. The molecule has 0 saturated heterocycles. The molecule has 1 aromatic rings. The molecule has 0 aliphatic carbocycles. The van der Waals surface area contributed by atoms with Crippen LogP contribution in [0.15, 0.2) is 18.2 Å². The molecule has 0 radical (unpaired) electrons. The Bertz CT molecular complexity index is 806. The third-order valence-corrected chi connectivity index (χ3v) is 7.86. The van der Waals surface area contributed by atoms with Gasteiger partial charge in [0.25, 0.3) is 11.8 Å². The van der Waals surface area contributed by atoms with E-state index in [2.05, 4.69) is 0 Å². The molecule has 0 unspecified atom stereocenters. The topological polar surface area (TPSA) is 71.5 Å². The van der Waals surface area contributed by atoms with Crippen LogP contribution in [-0.4, -0.2) is 42.2 Å². The molecule has 1 heterocycles. The van der Waals surface area contributed by atoms with Crippen LogP contribution in [0.4, 0.5) is 0 Å². The van der Waals surface area contributed by atoms with Gasteiger partial charge in [0, 0.05) is 6.54 Å². The highest BCUT2D eigenvalue weighted by molar-refractivity contribution is 7.92. The summed E-state index contributed by atoms with van der Waals surface area (Å²) in [4.78, 5) is 25.6. The molecule has 0 spiro atoms. The van der Waals surface area contributed by atoms with E-state index in [-0.39, 0.29) is 17.6 Å². The second kappa shape index (κ2) is 8.55. The van der Waals surface area contributed by atoms with Crippen LogP contribution in [0.3, 0.4) is 0 Å². The van der Waals surface area contributed by atoms with Gasteiger partial charge in [-0.25, -0.2) is 8.42 Å². The van der Waals surface area contributed by atoms with E-state index in [1.54, 1.807) is 33.8 Å². The normalized spacial score (nSPS) is 14.7. The van der Waals surface area contributed by atoms with Crippen molar-refractivity contribution in [3.63, 3.8) is 0 Å². The number of fused-ring (bicyclic) bond motifs is 1. The molecule has 1 aliphatic rings. The number of sulfone groups is 1. The highest BCUT2D eigenvalue weighted by atomic mass is 32.2. The Balaban J connectivity index is 1.74. The number of aryl methyl sites for hydroxylation is 1. The number of amides is 2. The molecular formula is C21H31NO4S. The molecule has 0 bridgehead atoms. The quantitative estimate of drug-likeness (QED) is 0.469. The summed E-state index contributed by atoms with van der Waals surface area (Å²) in [6.45, 7) is 7.44. The highest BCUT2D eigenvalue weighted by Crippen LogP contribution is 2.24. The van der Waals surface area contributed by atoms with Gasteiger partial charge in [0.05, 0.1) is 21.6 Å². The van der Waals surface area contributed by atoms with E-state index in [1.165, 1.54) is 4.90 Å². The fourth-order valence-corrected chi connectivity index (χ4v) is 4.43. The molecule has 150 valence electrons. The van der Waals surface area contributed by atoms with Gasteiger partial charge in [0.15, 0.2) is 9.84 Å². The third kappa shape index (κ3) is 4.98. The van der Waals surface area contributed by atoms with E-state index in [9.17, 15) is 18.0 Å². The Morgan fingerprint density at radius 1 is 0.889 bits per heavy atom. The zero-order chi connectivity index (χ0) is 20.2. The lowest BCUT2D eigenvalue weighted by Crippen LogP contribution is -2.30. The van der Waals surface area contributed by atoms with Gasteiger partial charge in [-0.1, -0.05) is 25.3 Å². The first-order valence-electron chi connectivity index (χ1n) is 9.80. The van der Waals surface area contributed by atoms with E-state index in [4.69, 9.17) is 0 Å². The first-order valence-corrected chi connectivity index (χ1v) is 11.4. The third-order valence-electron chi connectivity index (χ3n) is 5.16. The minimum Gasteiger partial charge on any atom is -0.275 e. The fourth-order valence-electron chi connectivity index (χ4n) is 3.24. The van der Waals surface area contributed by atoms with Gasteiger partial charge in [-0.2, -0.15) is 0 Å². The van der Waals surface area contributed by atoms with Gasteiger partial charge in [-0.3, -0.25) is 14.5 Å². The minimum absolute atomic E-state index is 0.195. The molecule has 5 nitrogen and oxygen atoms in total. The van der Waals surface area contributed by atoms with E-state index >= 15 is 0 Å². The molecule has 0 aromatic heterocycles. The minimum atomic E-state index is -3.02. The Hall–Kier alpha value is -1.69. The predicted octanol–water partition coefficient (Wildman–Crippen LogP) is 4.01. The first kappa shape index (κ1) is 21.6. The van der Waals surface area contributed by atoms with Crippen molar-refractivity contribution in [2.24, 2.45) is 0 Å². The van der Waals surface area contributed by atoms with Crippen LogP contribution in [-0.2, 0) is 16.3 Å². The average molecular weight is 394 g/mol. The lowest BCUT2D eigenvalue weighted by atomic mass is 10.0. The number of hydrogen-bond donors (Lipinski definition) is 0. The predicted molar refractivity (Wildman–Crippen MR) is 108 cm³/mol. The lowest BCUT2D eigenvalue weighted by molar-refractivity contribution is 0.0663. The SMILES string of the molecule is CCN1C(=O)c2ccc(CCCCCCCS(=O)(=O)C(C)(C)C)cc2C1=O. The Labute approximate surface area is 163 Å². The summed E-state index contributed by atoms with van der Waals surface area (Å²) >= 11 is 0. The lowest BCUT2D eigenvalue weighted by Gasteiger charge is -2.18. The van der Waals surface area contributed by atoms with Crippen molar-refractivity contribution < 1.29 is 18.0 Å². The van der Waals surface area contributed by atoms with Gasteiger partial charge in [-0.15, -0.1) is 0 Å². The number of hydrogen-bond acceptors (Lipinski definition) is 4. The summed E-state index contributed by atoms with van der Waals surface area (Å²) in [5, 5.41) is 0. The van der Waals surface area contributed by atoms with Gasteiger partial charge < -0.3 is 0 Å². The maximum atomic E-state index is 12.2. The average Bonchev–Trinajstić information content (AvgIpc) is 2.83. The van der Waals surface area contributed by atoms with Crippen LogP contribution >= 0.6 is 0 Å². The number of carbonyl (C=O) groups excluding carboxylic acids is 2. The summed E-state index contributed by atoms with van der Waals surface area (Å²) in [6.07, 6.45) is 5.51. The zero-order valence-corrected chi connectivity index (χ0v) is 17.7. The van der Waals surface area contributed by atoms with Crippen molar-refractivity contribution in [1.29, 1.82) is 0 Å². The monoisotopic (exact) mass is 393 g/mol. The number of imide groups is 1. The largest absolute Gasteiger partial charge is 0.275 e. The summed E-state index contributed by atoms with van der Waals surface area (Å²) in [7, 11) is -3.02. The van der Waals surface area contributed by atoms with Gasteiger partial charge in [0.2, 0.25) is 0 Å². The standard InChI is InChI=1S/C21H31NO4S/c1-5-22-19(23)17-13-12-16(15-18(17)20(22)24)11-9-7-6-8-10-14-27(25,26)21(2,3)4/h12-13,15H,5-11,14H2,1-4H3. The number of carbonyl (C=O) groups is 2. The molecular weight excluding hydrogens is 362 g/mol. The van der Waals surface area contributed by atoms with Crippen molar-refractivity contribution in [1.82, 2.24) is 4.90 Å². The maximum absolute atomic E-state index is 12.2. The van der Waals surface area contributed by atoms with Gasteiger partial charge >= 0.3 is 0 Å². The van der Waals surface area contributed by atoms with Crippen LogP contribution in [0, 0.1) is 0 Å². The molecule has 2 amide bonds. The van der Waals surface area contributed by atoms with E-state index in [0.717, 1.165) is 37.7 Å². The van der Waals surface area contributed by atoms with Crippen LogP contribution in [0.25, 0.3) is 0 Å². The van der Waals surface area contributed by atoms with Gasteiger partial charge in [0.1, 0.15) is 0 Å². The molecule has 0 saturated carbocycles. The number of unbranched alkanes of at least 4 members (excludes halogenated alkanes) is 4.